The second kappa shape index (κ2) is 9.14. The standard InChI is InChI=1S/C23H27ClFN3O/c24-21-4-3-5-22(25)20(21)16-27-14-10-17(11-15-27)23(29)26-18-6-8-19(9-7-18)28-12-1-2-13-28/h3-9,17H,1-2,10-16H2,(H,26,29). The molecule has 0 aromatic heterocycles. The lowest BCUT2D eigenvalue weighted by Gasteiger charge is -2.31. The van der Waals surface area contributed by atoms with Gasteiger partial charge in [-0.1, -0.05) is 17.7 Å². The van der Waals surface area contributed by atoms with Gasteiger partial charge in [0.1, 0.15) is 5.82 Å². The Morgan fingerprint density at radius 1 is 1.03 bits per heavy atom. The molecule has 0 atom stereocenters. The number of nitrogens with zero attached hydrogens (tertiary/aromatic N) is 2. The lowest BCUT2D eigenvalue weighted by molar-refractivity contribution is -0.121. The zero-order chi connectivity index (χ0) is 20.2. The van der Waals surface area contributed by atoms with E-state index in [2.05, 4.69) is 27.2 Å². The summed E-state index contributed by atoms with van der Waals surface area (Å²) in [5, 5.41) is 3.52. The van der Waals surface area contributed by atoms with Crippen molar-refractivity contribution in [2.24, 2.45) is 5.92 Å². The summed E-state index contributed by atoms with van der Waals surface area (Å²) < 4.78 is 14.0. The van der Waals surface area contributed by atoms with Crippen molar-refractivity contribution in [3.05, 3.63) is 58.9 Å². The monoisotopic (exact) mass is 415 g/mol. The number of halogens is 2. The van der Waals surface area contributed by atoms with Gasteiger partial charge in [0.2, 0.25) is 5.91 Å². The number of piperidine rings is 1. The number of hydrogen-bond acceptors (Lipinski definition) is 3. The van der Waals surface area contributed by atoms with Crippen molar-refractivity contribution in [1.29, 1.82) is 0 Å². The van der Waals surface area contributed by atoms with Crippen molar-refractivity contribution < 1.29 is 9.18 Å². The van der Waals surface area contributed by atoms with E-state index in [0.29, 0.717) is 17.1 Å². The second-order valence-corrected chi connectivity index (χ2v) is 8.39. The van der Waals surface area contributed by atoms with E-state index in [9.17, 15) is 9.18 Å². The lowest BCUT2D eigenvalue weighted by Crippen LogP contribution is -2.38. The Morgan fingerprint density at radius 2 is 1.72 bits per heavy atom. The Bertz CT molecular complexity index is 823. The summed E-state index contributed by atoms with van der Waals surface area (Å²) in [6.07, 6.45) is 4.04. The minimum absolute atomic E-state index is 0.0133. The van der Waals surface area contributed by atoms with Gasteiger partial charge in [-0.15, -0.1) is 0 Å². The highest BCUT2D eigenvalue weighted by atomic mass is 35.5. The summed E-state index contributed by atoms with van der Waals surface area (Å²) in [4.78, 5) is 17.2. The predicted octanol–water partition coefficient (Wildman–Crippen LogP) is 4.93. The predicted molar refractivity (Wildman–Crippen MR) is 116 cm³/mol. The molecule has 6 heteroatoms. The molecule has 4 nitrogen and oxygen atoms in total. The molecule has 2 fully saturated rings. The van der Waals surface area contributed by atoms with Crippen LogP contribution in [0.3, 0.4) is 0 Å². The molecule has 29 heavy (non-hydrogen) atoms. The van der Waals surface area contributed by atoms with Gasteiger partial charge in [0, 0.05) is 47.5 Å². The topological polar surface area (TPSA) is 35.6 Å². The molecule has 154 valence electrons. The molecule has 2 aromatic rings. The van der Waals surface area contributed by atoms with E-state index >= 15 is 0 Å². The van der Waals surface area contributed by atoms with Crippen molar-refractivity contribution in [2.45, 2.75) is 32.2 Å². The summed E-state index contributed by atoms with van der Waals surface area (Å²) in [6.45, 7) is 4.23. The molecular formula is C23H27ClFN3O. The number of nitrogens with one attached hydrogen (secondary N) is 1. The van der Waals surface area contributed by atoms with Gasteiger partial charge in [0.15, 0.2) is 0 Å². The molecule has 4 rings (SSSR count). The SMILES string of the molecule is O=C(Nc1ccc(N2CCCC2)cc1)C1CCN(Cc2c(F)cccc2Cl)CC1. The fourth-order valence-electron chi connectivity index (χ4n) is 4.24. The highest BCUT2D eigenvalue weighted by Crippen LogP contribution is 2.26. The van der Waals surface area contributed by atoms with Gasteiger partial charge in [-0.05, 0) is 75.2 Å². The van der Waals surface area contributed by atoms with E-state index in [4.69, 9.17) is 11.6 Å². The Hall–Kier alpha value is -2.11. The number of carbonyl (C=O) groups excluding carboxylic acids is 1. The molecule has 2 aliphatic heterocycles. The zero-order valence-corrected chi connectivity index (χ0v) is 17.3. The average Bonchev–Trinajstić information content (AvgIpc) is 3.27. The molecule has 0 aliphatic carbocycles. The van der Waals surface area contributed by atoms with E-state index in [0.717, 1.165) is 44.7 Å². The van der Waals surface area contributed by atoms with Crippen LogP contribution in [0, 0.1) is 11.7 Å². The molecule has 0 saturated carbocycles. The second-order valence-electron chi connectivity index (χ2n) is 7.98. The van der Waals surface area contributed by atoms with Gasteiger partial charge in [-0.2, -0.15) is 0 Å². The minimum Gasteiger partial charge on any atom is -0.372 e. The van der Waals surface area contributed by atoms with Crippen LogP contribution in [0.5, 0.6) is 0 Å². The number of likely N-dealkylation sites (tertiary alicyclic amines) is 1. The summed E-state index contributed by atoms with van der Waals surface area (Å²) >= 11 is 6.14. The third kappa shape index (κ3) is 4.90. The molecule has 2 heterocycles. The van der Waals surface area contributed by atoms with E-state index in [1.54, 1.807) is 12.1 Å². The normalized spacial score (nSPS) is 18.2. The number of anilines is 2. The fraction of sp³-hybridized carbons (Fsp3) is 0.435. The van der Waals surface area contributed by atoms with Crippen LogP contribution < -0.4 is 10.2 Å². The first kappa shape index (κ1) is 20.2. The third-order valence-electron chi connectivity index (χ3n) is 6.01. The van der Waals surface area contributed by atoms with Gasteiger partial charge < -0.3 is 10.2 Å². The highest BCUT2D eigenvalue weighted by molar-refractivity contribution is 6.31. The van der Waals surface area contributed by atoms with Crippen molar-refractivity contribution in [1.82, 2.24) is 4.90 Å². The Kier molecular flexibility index (Phi) is 6.36. The molecule has 0 unspecified atom stereocenters. The van der Waals surface area contributed by atoms with Crippen molar-refractivity contribution in [2.75, 3.05) is 36.4 Å². The molecule has 2 aromatic carbocycles. The number of hydrogen-bond donors (Lipinski definition) is 1. The summed E-state index contributed by atoms with van der Waals surface area (Å²) in [5.41, 5.74) is 2.61. The maximum atomic E-state index is 14.0. The molecule has 2 saturated heterocycles. The van der Waals surface area contributed by atoms with Crippen molar-refractivity contribution in [3.63, 3.8) is 0 Å². The molecule has 0 spiro atoms. The number of benzene rings is 2. The van der Waals surface area contributed by atoms with Crippen molar-refractivity contribution >= 4 is 28.9 Å². The Labute approximate surface area is 176 Å². The minimum atomic E-state index is -0.269. The largest absolute Gasteiger partial charge is 0.372 e. The quantitative estimate of drug-likeness (QED) is 0.752. The van der Waals surface area contributed by atoms with Crippen LogP contribution in [0.25, 0.3) is 0 Å². The van der Waals surface area contributed by atoms with Gasteiger partial charge in [0.05, 0.1) is 0 Å². The van der Waals surface area contributed by atoms with E-state index in [1.807, 2.05) is 12.1 Å². The maximum absolute atomic E-state index is 14.0. The Morgan fingerprint density at radius 3 is 2.38 bits per heavy atom. The van der Waals surface area contributed by atoms with Crippen LogP contribution in [-0.4, -0.2) is 37.0 Å². The van der Waals surface area contributed by atoms with Crippen LogP contribution in [0.15, 0.2) is 42.5 Å². The van der Waals surface area contributed by atoms with Crippen LogP contribution in [0.1, 0.15) is 31.2 Å². The summed E-state index contributed by atoms with van der Waals surface area (Å²) in [6, 6.07) is 12.9. The smallest absolute Gasteiger partial charge is 0.227 e. The third-order valence-corrected chi connectivity index (χ3v) is 6.36. The number of amides is 1. The lowest BCUT2D eigenvalue weighted by atomic mass is 9.95. The van der Waals surface area contributed by atoms with Gasteiger partial charge >= 0.3 is 0 Å². The summed E-state index contributed by atoms with van der Waals surface area (Å²) in [7, 11) is 0. The van der Waals surface area contributed by atoms with Crippen LogP contribution in [0.4, 0.5) is 15.8 Å². The molecule has 1 amide bonds. The molecule has 1 N–H and O–H groups in total. The van der Waals surface area contributed by atoms with Crippen LogP contribution in [-0.2, 0) is 11.3 Å². The molecule has 0 radical (unpaired) electrons. The molecule has 0 bridgehead atoms. The fourth-order valence-corrected chi connectivity index (χ4v) is 4.46. The van der Waals surface area contributed by atoms with E-state index in [1.165, 1.54) is 24.6 Å². The van der Waals surface area contributed by atoms with E-state index < -0.39 is 0 Å². The zero-order valence-electron chi connectivity index (χ0n) is 16.5. The Balaban J connectivity index is 1.28. The molecule has 2 aliphatic rings. The maximum Gasteiger partial charge on any atom is 0.227 e. The summed E-state index contributed by atoms with van der Waals surface area (Å²) in [5.74, 6) is -0.210. The highest BCUT2D eigenvalue weighted by Gasteiger charge is 2.26. The first-order valence-corrected chi connectivity index (χ1v) is 10.8. The van der Waals surface area contributed by atoms with Crippen LogP contribution in [0.2, 0.25) is 5.02 Å². The number of carbonyl (C=O) groups is 1. The van der Waals surface area contributed by atoms with Gasteiger partial charge in [-0.3, -0.25) is 9.69 Å². The molecular weight excluding hydrogens is 389 g/mol. The average molecular weight is 416 g/mol. The van der Waals surface area contributed by atoms with E-state index in [-0.39, 0.29) is 17.6 Å². The first-order chi connectivity index (χ1) is 14.1. The van der Waals surface area contributed by atoms with Gasteiger partial charge in [0.25, 0.3) is 0 Å². The van der Waals surface area contributed by atoms with Crippen LogP contribution >= 0.6 is 11.6 Å². The number of rotatable bonds is 5. The first-order valence-electron chi connectivity index (χ1n) is 10.4. The van der Waals surface area contributed by atoms with Gasteiger partial charge in [-0.25, -0.2) is 4.39 Å². The van der Waals surface area contributed by atoms with Crippen molar-refractivity contribution in [3.8, 4) is 0 Å².